The number of aliphatic hydroxyl groups excluding tert-OH is 1. The molecule has 1 N–H and O–H groups in total. The van der Waals surface area contributed by atoms with Gasteiger partial charge in [-0.05, 0) is 42.3 Å². The van der Waals surface area contributed by atoms with Gasteiger partial charge in [-0.2, -0.15) is 0 Å². The monoisotopic (exact) mass is 411 g/mol. The molecule has 0 aliphatic heterocycles. The second-order valence-electron chi connectivity index (χ2n) is 6.34. The Morgan fingerprint density at radius 2 is 1.89 bits per heavy atom. The van der Waals surface area contributed by atoms with Crippen LogP contribution in [0.4, 0.5) is 0 Å². The third-order valence-corrected chi connectivity index (χ3v) is 5.88. The summed E-state index contributed by atoms with van der Waals surface area (Å²) < 4.78 is 1.65. The van der Waals surface area contributed by atoms with Crippen molar-refractivity contribution < 1.29 is 5.11 Å². The second kappa shape index (κ2) is 8.31. The van der Waals surface area contributed by atoms with Crippen molar-refractivity contribution in [2.24, 2.45) is 0 Å². The molecule has 4 aromatic rings. The normalized spacial score (nSPS) is 11.4. The van der Waals surface area contributed by atoms with Crippen LogP contribution in [-0.2, 0) is 12.3 Å². The number of hydrogen-bond donors (Lipinski definition) is 1. The minimum Gasteiger partial charge on any atom is -0.396 e. The van der Waals surface area contributed by atoms with Crippen molar-refractivity contribution in [2.75, 3.05) is 6.61 Å². The first-order valence-electron chi connectivity index (χ1n) is 8.94. The summed E-state index contributed by atoms with van der Waals surface area (Å²) in [6.45, 7) is 0.449. The van der Waals surface area contributed by atoms with Crippen LogP contribution in [0, 0.1) is 0 Å². The quantitative estimate of drug-likeness (QED) is 0.379. The molecule has 4 rings (SSSR count). The molecule has 0 unspecified atom stereocenters. The second-order valence-corrected chi connectivity index (χ2v) is 7.69. The van der Waals surface area contributed by atoms with Crippen LogP contribution in [0.1, 0.15) is 12.0 Å². The smallest absolute Gasteiger partial charge is 0.262 e. The third-order valence-electron chi connectivity index (χ3n) is 4.52. The molecule has 0 aliphatic carbocycles. The zero-order valence-electron chi connectivity index (χ0n) is 15.0. The van der Waals surface area contributed by atoms with Crippen LogP contribution in [0.15, 0.2) is 64.7 Å². The highest BCUT2D eigenvalue weighted by molar-refractivity contribution is 7.98. The summed E-state index contributed by atoms with van der Waals surface area (Å²) >= 11 is 7.77. The van der Waals surface area contributed by atoms with Crippen LogP contribution in [0.3, 0.4) is 0 Å². The lowest BCUT2D eigenvalue weighted by atomic mass is 10.1. The Balaban J connectivity index is 1.74. The molecule has 2 heterocycles. The number of hydrogen-bond acceptors (Lipinski definition) is 5. The van der Waals surface area contributed by atoms with Gasteiger partial charge < -0.3 is 5.11 Å². The first-order valence-corrected chi connectivity index (χ1v) is 10.3. The summed E-state index contributed by atoms with van der Waals surface area (Å²) in [5.74, 6) is 0.606. The maximum atomic E-state index is 12.9. The van der Waals surface area contributed by atoms with Crippen LogP contribution in [0.5, 0.6) is 0 Å². The average Bonchev–Trinajstić information content (AvgIpc) is 2.73. The number of benzene rings is 2. The average molecular weight is 412 g/mol. The molecular formula is C21H18ClN3O2S. The molecule has 142 valence electrons. The fraction of sp³-hybridized carbons (Fsp3) is 0.190. The zero-order chi connectivity index (χ0) is 19.5. The highest BCUT2D eigenvalue weighted by Crippen LogP contribution is 2.29. The van der Waals surface area contributed by atoms with Crippen molar-refractivity contribution in [3.63, 3.8) is 0 Å². The van der Waals surface area contributed by atoms with Crippen LogP contribution < -0.4 is 5.56 Å². The van der Waals surface area contributed by atoms with Gasteiger partial charge in [0.1, 0.15) is 0 Å². The lowest BCUT2D eigenvalue weighted by Crippen LogP contribution is -2.24. The molecule has 5 nitrogen and oxygen atoms in total. The summed E-state index contributed by atoms with van der Waals surface area (Å²) in [5, 5.41) is 12.0. The summed E-state index contributed by atoms with van der Waals surface area (Å²) in [4.78, 5) is 22.1. The molecule has 0 radical (unpaired) electrons. The predicted molar refractivity (Wildman–Crippen MR) is 114 cm³/mol. The van der Waals surface area contributed by atoms with Gasteiger partial charge in [0, 0.05) is 35.5 Å². The lowest BCUT2D eigenvalue weighted by molar-refractivity contribution is 0.276. The van der Waals surface area contributed by atoms with E-state index in [1.165, 1.54) is 11.8 Å². The summed E-state index contributed by atoms with van der Waals surface area (Å²) in [7, 11) is 0. The molecule has 2 aromatic carbocycles. The van der Waals surface area contributed by atoms with Gasteiger partial charge in [-0.3, -0.25) is 14.3 Å². The molecule has 0 atom stereocenters. The van der Waals surface area contributed by atoms with Crippen LogP contribution in [0.2, 0.25) is 5.02 Å². The number of thioether (sulfide) groups is 1. The summed E-state index contributed by atoms with van der Waals surface area (Å²) in [6.07, 6.45) is 2.25. The molecule has 28 heavy (non-hydrogen) atoms. The first-order chi connectivity index (χ1) is 13.7. The minimum atomic E-state index is -0.0827. The zero-order valence-corrected chi connectivity index (χ0v) is 16.6. The number of fused-ring (bicyclic) bond motifs is 2. The van der Waals surface area contributed by atoms with Gasteiger partial charge in [0.2, 0.25) is 0 Å². The molecule has 0 spiro atoms. The Hall–Kier alpha value is -2.41. The fourth-order valence-corrected chi connectivity index (χ4v) is 4.36. The largest absolute Gasteiger partial charge is 0.396 e. The Labute approximate surface area is 171 Å². The van der Waals surface area contributed by atoms with Crippen molar-refractivity contribution in [1.82, 2.24) is 14.5 Å². The molecule has 7 heteroatoms. The van der Waals surface area contributed by atoms with E-state index in [0.717, 1.165) is 16.5 Å². The topological polar surface area (TPSA) is 68.0 Å². The highest BCUT2D eigenvalue weighted by Gasteiger charge is 2.13. The van der Waals surface area contributed by atoms with Gasteiger partial charge in [-0.25, -0.2) is 4.98 Å². The Morgan fingerprint density at radius 1 is 1.07 bits per heavy atom. The maximum absolute atomic E-state index is 12.9. The molecule has 0 aliphatic rings. The van der Waals surface area contributed by atoms with Crippen LogP contribution in [-0.4, -0.2) is 26.2 Å². The standard InChI is InChI=1S/C21H18ClN3O2S/c22-17-9-8-14(19-15(17)6-3-10-23-19)13-28-21-24-18-7-2-1-5-16(18)20(27)25(21)11-4-12-26/h1-3,5-10,26H,4,11-13H2. The van der Waals surface area contributed by atoms with Gasteiger partial charge in [0.05, 0.1) is 16.4 Å². The number of aliphatic hydroxyl groups is 1. The number of nitrogens with zero attached hydrogens (tertiary/aromatic N) is 3. The lowest BCUT2D eigenvalue weighted by Gasteiger charge is -2.13. The minimum absolute atomic E-state index is 0.0229. The number of pyridine rings is 1. The van der Waals surface area contributed by atoms with Gasteiger partial charge in [0.15, 0.2) is 5.16 Å². The van der Waals surface area contributed by atoms with Crippen LogP contribution >= 0.6 is 23.4 Å². The van der Waals surface area contributed by atoms with E-state index in [2.05, 4.69) is 4.98 Å². The van der Waals surface area contributed by atoms with Crippen molar-refractivity contribution in [3.8, 4) is 0 Å². The van der Waals surface area contributed by atoms with Gasteiger partial charge >= 0.3 is 0 Å². The van der Waals surface area contributed by atoms with Crippen molar-refractivity contribution in [2.45, 2.75) is 23.9 Å². The summed E-state index contributed by atoms with van der Waals surface area (Å²) in [5.41, 5.74) is 2.48. The number of halogens is 1. The van der Waals surface area contributed by atoms with E-state index in [4.69, 9.17) is 16.6 Å². The number of para-hydroxylation sites is 1. The molecule has 2 aromatic heterocycles. The van der Waals surface area contributed by atoms with E-state index >= 15 is 0 Å². The van der Waals surface area contributed by atoms with E-state index in [1.54, 1.807) is 16.8 Å². The molecule has 0 amide bonds. The molecule has 0 bridgehead atoms. The summed E-state index contributed by atoms with van der Waals surface area (Å²) in [6, 6.07) is 15.0. The van der Waals surface area contributed by atoms with Gasteiger partial charge in [0.25, 0.3) is 5.56 Å². The van der Waals surface area contributed by atoms with Crippen molar-refractivity contribution in [1.29, 1.82) is 0 Å². The van der Waals surface area contributed by atoms with Gasteiger partial charge in [-0.1, -0.05) is 41.6 Å². The van der Waals surface area contributed by atoms with Crippen molar-refractivity contribution in [3.05, 3.63) is 75.7 Å². The van der Waals surface area contributed by atoms with E-state index in [1.807, 2.05) is 42.5 Å². The fourth-order valence-electron chi connectivity index (χ4n) is 3.14. The Morgan fingerprint density at radius 3 is 2.75 bits per heavy atom. The van der Waals surface area contributed by atoms with E-state index in [-0.39, 0.29) is 12.2 Å². The maximum Gasteiger partial charge on any atom is 0.262 e. The predicted octanol–water partition coefficient (Wildman–Crippen LogP) is 4.27. The van der Waals surface area contributed by atoms with Crippen molar-refractivity contribution >= 4 is 45.2 Å². The Kier molecular flexibility index (Phi) is 5.62. The first kappa shape index (κ1) is 18.9. The number of aromatic nitrogens is 3. The SMILES string of the molecule is O=c1c2ccccc2nc(SCc2ccc(Cl)c3cccnc23)n1CCCO. The van der Waals surface area contributed by atoms with E-state index < -0.39 is 0 Å². The Bertz CT molecular complexity index is 1210. The van der Waals surface area contributed by atoms with E-state index in [0.29, 0.717) is 39.8 Å². The highest BCUT2D eigenvalue weighted by atomic mass is 35.5. The molecular weight excluding hydrogens is 394 g/mol. The third kappa shape index (κ3) is 3.63. The molecule has 0 saturated heterocycles. The molecule has 0 fully saturated rings. The van der Waals surface area contributed by atoms with Crippen LogP contribution in [0.25, 0.3) is 21.8 Å². The van der Waals surface area contributed by atoms with Gasteiger partial charge in [-0.15, -0.1) is 0 Å². The van der Waals surface area contributed by atoms with E-state index in [9.17, 15) is 9.90 Å². The number of rotatable bonds is 6. The molecule has 0 saturated carbocycles.